The van der Waals surface area contributed by atoms with Crippen LogP contribution in [0.25, 0.3) is 0 Å². The molecule has 222 valence electrons. The first-order valence-electron chi connectivity index (χ1n) is 17.0. The largest absolute Gasteiger partial charge is 0.479 e. The van der Waals surface area contributed by atoms with Gasteiger partial charge in [-0.2, -0.15) is 0 Å². The number of hydrogen-bond acceptors (Lipinski definition) is 2. The minimum absolute atomic E-state index is 0.415. The van der Waals surface area contributed by atoms with Crippen molar-refractivity contribution >= 4 is 5.97 Å². The first kappa shape index (κ1) is 36.4. The molecule has 0 bridgehead atoms. The van der Waals surface area contributed by atoms with Crippen LogP contribution in [-0.4, -0.2) is 21.8 Å². The van der Waals surface area contributed by atoms with Gasteiger partial charge in [-0.3, -0.25) is 0 Å². The predicted molar refractivity (Wildman–Crippen MR) is 162 cm³/mol. The van der Waals surface area contributed by atoms with E-state index in [2.05, 4.69) is 13.8 Å². The molecule has 0 unspecified atom stereocenters. The zero-order chi connectivity index (χ0) is 27.3. The lowest BCUT2D eigenvalue weighted by Crippen LogP contribution is -2.38. The third-order valence-electron chi connectivity index (χ3n) is 8.29. The highest BCUT2D eigenvalue weighted by Crippen LogP contribution is 2.24. The highest BCUT2D eigenvalue weighted by Gasteiger charge is 2.34. The van der Waals surface area contributed by atoms with E-state index in [0.29, 0.717) is 12.8 Å². The molecule has 0 aromatic carbocycles. The Morgan fingerprint density at radius 3 is 0.784 bits per heavy atom. The molecule has 0 radical (unpaired) electrons. The Balaban J connectivity index is 3.55. The van der Waals surface area contributed by atoms with Crippen LogP contribution in [0, 0.1) is 0 Å². The maximum absolute atomic E-state index is 11.7. The Labute approximate surface area is 233 Å². The Kier molecular flexibility index (Phi) is 28.0. The number of hydrogen-bond donors (Lipinski definition) is 2. The monoisotopic (exact) mass is 525 g/mol. The molecule has 37 heavy (non-hydrogen) atoms. The number of carbonyl (C=O) groups is 1. The molecule has 0 fully saturated rings. The molecule has 2 N–H and O–H groups in total. The highest BCUT2D eigenvalue weighted by atomic mass is 16.4. The second kappa shape index (κ2) is 28.4. The van der Waals surface area contributed by atoms with Crippen molar-refractivity contribution in [3.05, 3.63) is 0 Å². The van der Waals surface area contributed by atoms with Crippen molar-refractivity contribution in [1.82, 2.24) is 0 Å². The SMILES string of the molecule is CCCCCCCCCCCCCCCCC(O)(CCCCCCCCCCCCCCCC)C(=O)O. The average molecular weight is 525 g/mol. The summed E-state index contributed by atoms with van der Waals surface area (Å²) in [5.74, 6) is -1.02. The van der Waals surface area contributed by atoms with Crippen LogP contribution in [0.2, 0.25) is 0 Å². The second-order valence-electron chi connectivity index (χ2n) is 12.0. The van der Waals surface area contributed by atoms with E-state index in [1.54, 1.807) is 0 Å². The van der Waals surface area contributed by atoms with Gasteiger partial charge in [0.15, 0.2) is 5.60 Å². The van der Waals surface area contributed by atoms with Crippen molar-refractivity contribution in [3.63, 3.8) is 0 Å². The maximum Gasteiger partial charge on any atom is 0.335 e. The minimum atomic E-state index is -1.51. The third kappa shape index (κ3) is 25.5. The van der Waals surface area contributed by atoms with Crippen LogP contribution < -0.4 is 0 Å². The fourth-order valence-electron chi connectivity index (χ4n) is 5.56. The quantitative estimate of drug-likeness (QED) is 0.0886. The van der Waals surface area contributed by atoms with E-state index < -0.39 is 11.6 Å². The van der Waals surface area contributed by atoms with Crippen LogP contribution in [0.5, 0.6) is 0 Å². The lowest BCUT2D eigenvalue weighted by Gasteiger charge is -2.23. The fraction of sp³-hybridized carbons (Fsp3) is 0.971. The summed E-state index contributed by atoms with van der Waals surface area (Å²) in [7, 11) is 0. The predicted octanol–water partition coefficient (Wildman–Crippen LogP) is 11.5. The molecule has 0 aliphatic carbocycles. The molecule has 0 aromatic heterocycles. The van der Waals surface area contributed by atoms with Gasteiger partial charge in [0.25, 0.3) is 0 Å². The second-order valence-corrected chi connectivity index (χ2v) is 12.0. The van der Waals surface area contributed by atoms with Gasteiger partial charge < -0.3 is 10.2 Å². The Hall–Kier alpha value is -0.570. The summed E-state index contributed by atoms with van der Waals surface area (Å²) < 4.78 is 0. The molecule has 0 rings (SSSR count). The van der Waals surface area contributed by atoms with Gasteiger partial charge in [0.2, 0.25) is 0 Å². The molecule has 0 spiro atoms. The molecule has 0 aromatic rings. The van der Waals surface area contributed by atoms with Crippen LogP contribution in [0.15, 0.2) is 0 Å². The van der Waals surface area contributed by atoms with Gasteiger partial charge in [0.05, 0.1) is 0 Å². The molecule has 3 nitrogen and oxygen atoms in total. The summed E-state index contributed by atoms with van der Waals surface area (Å²) >= 11 is 0. The van der Waals surface area contributed by atoms with Crippen molar-refractivity contribution < 1.29 is 15.0 Å². The number of aliphatic hydroxyl groups is 1. The van der Waals surface area contributed by atoms with Crippen molar-refractivity contribution in [2.24, 2.45) is 0 Å². The van der Waals surface area contributed by atoms with Crippen LogP contribution in [0.1, 0.15) is 206 Å². The van der Waals surface area contributed by atoms with E-state index in [-0.39, 0.29) is 0 Å². The van der Waals surface area contributed by atoms with Crippen LogP contribution >= 0.6 is 0 Å². The smallest absolute Gasteiger partial charge is 0.335 e. The highest BCUT2D eigenvalue weighted by molar-refractivity contribution is 5.76. The lowest BCUT2D eigenvalue weighted by molar-refractivity contribution is -0.160. The molecule has 0 aliphatic rings. The van der Waals surface area contributed by atoms with E-state index in [9.17, 15) is 15.0 Å². The molecule has 3 heteroatoms. The van der Waals surface area contributed by atoms with Gasteiger partial charge >= 0.3 is 5.97 Å². The summed E-state index contributed by atoms with van der Waals surface area (Å²) in [5.41, 5.74) is -1.51. The normalized spacial score (nSPS) is 11.9. The molecular weight excluding hydrogens is 456 g/mol. The summed E-state index contributed by atoms with van der Waals surface area (Å²) in [6, 6.07) is 0. The minimum Gasteiger partial charge on any atom is -0.479 e. The molecule has 0 amide bonds. The molecule has 0 saturated carbocycles. The van der Waals surface area contributed by atoms with Gasteiger partial charge in [0, 0.05) is 0 Å². The Morgan fingerprint density at radius 2 is 0.595 bits per heavy atom. The molecule has 0 saturated heterocycles. The van der Waals surface area contributed by atoms with Crippen LogP contribution in [0.3, 0.4) is 0 Å². The number of carboxylic acids is 1. The van der Waals surface area contributed by atoms with E-state index in [0.717, 1.165) is 25.7 Å². The summed E-state index contributed by atoms with van der Waals surface area (Å²) in [4.78, 5) is 11.7. The number of aliphatic carboxylic acids is 1. The summed E-state index contributed by atoms with van der Waals surface area (Å²) in [6.07, 6.45) is 36.9. The molecular formula is C34H68O3. The van der Waals surface area contributed by atoms with Crippen molar-refractivity contribution in [2.45, 2.75) is 212 Å². The van der Waals surface area contributed by atoms with E-state index in [1.807, 2.05) is 0 Å². The van der Waals surface area contributed by atoms with E-state index in [4.69, 9.17) is 0 Å². The van der Waals surface area contributed by atoms with E-state index in [1.165, 1.54) is 154 Å². The number of unbranched alkanes of at least 4 members (excludes halogenated alkanes) is 26. The molecule has 0 aliphatic heterocycles. The first-order chi connectivity index (χ1) is 18.1. The number of carboxylic acid groups (broad SMARTS) is 1. The van der Waals surface area contributed by atoms with Gasteiger partial charge in [-0.25, -0.2) is 4.79 Å². The Morgan fingerprint density at radius 1 is 0.405 bits per heavy atom. The zero-order valence-corrected chi connectivity index (χ0v) is 25.5. The number of rotatable bonds is 31. The first-order valence-corrected chi connectivity index (χ1v) is 17.0. The average Bonchev–Trinajstić information content (AvgIpc) is 2.89. The molecule has 0 atom stereocenters. The fourth-order valence-corrected chi connectivity index (χ4v) is 5.56. The maximum atomic E-state index is 11.7. The van der Waals surface area contributed by atoms with E-state index >= 15 is 0 Å². The van der Waals surface area contributed by atoms with Gasteiger partial charge in [0.1, 0.15) is 0 Å². The van der Waals surface area contributed by atoms with Crippen molar-refractivity contribution in [1.29, 1.82) is 0 Å². The van der Waals surface area contributed by atoms with Crippen LogP contribution in [0.4, 0.5) is 0 Å². The van der Waals surface area contributed by atoms with Crippen molar-refractivity contribution in [2.75, 3.05) is 0 Å². The summed E-state index contributed by atoms with van der Waals surface area (Å²) in [6.45, 7) is 4.54. The third-order valence-corrected chi connectivity index (χ3v) is 8.29. The summed E-state index contributed by atoms with van der Waals surface area (Å²) in [5, 5.41) is 20.3. The van der Waals surface area contributed by atoms with Gasteiger partial charge in [-0.1, -0.05) is 181 Å². The van der Waals surface area contributed by atoms with Gasteiger partial charge in [-0.05, 0) is 25.7 Å². The van der Waals surface area contributed by atoms with Gasteiger partial charge in [-0.15, -0.1) is 0 Å². The van der Waals surface area contributed by atoms with Crippen LogP contribution in [-0.2, 0) is 4.79 Å². The standard InChI is InChI=1S/C34H68O3/c1-3-5-7-9-11-13-15-17-19-21-23-25-27-29-31-34(37,33(35)36)32-30-28-26-24-22-20-18-16-14-12-10-8-6-4-2/h37H,3-32H2,1-2H3,(H,35,36). The zero-order valence-electron chi connectivity index (χ0n) is 25.5. The molecule has 0 heterocycles. The van der Waals surface area contributed by atoms with Crippen molar-refractivity contribution in [3.8, 4) is 0 Å². The topological polar surface area (TPSA) is 57.5 Å². The Bertz CT molecular complexity index is 430. The lowest BCUT2D eigenvalue weighted by atomic mass is 9.89.